The molecule has 1 aromatic rings. The van der Waals surface area contributed by atoms with Crippen molar-refractivity contribution < 1.29 is 9.26 Å². The maximum atomic E-state index is 6.29. The van der Waals surface area contributed by atoms with E-state index in [1.807, 2.05) is 0 Å². The lowest BCUT2D eigenvalue weighted by atomic mass is 9.72. The highest BCUT2D eigenvalue weighted by molar-refractivity contribution is 5.10. The summed E-state index contributed by atoms with van der Waals surface area (Å²) in [6.07, 6.45) is 8.98. The molecule has 1 aromatic heterocycles. The van der Waals surface area contributed by atoms with Crippen molar-refractivity contribution in [2.45, 2.75) is 75.9 Å². The van der Waals surface area contributed by atoms with Gasteiger partial charge in [-0.2, -0.15) is 4.98 Å². The van der Waals surface area contributed by atoms with E-state index >= 15 is 0 Å². The molecule has 0 amide bonds. The quantitative estimate of drug-likeness (QED) is 0.919. The summed E-state index contributed by atoms with van der Waals surface area (Å²) in [6, 6.07) is 0.121. The molecule has 1 aliphatic heterocycles. The number of hydrogen-bond donors (Lipinski definition) is 1. The van der Waals surface area contributed by atoms with Gasteiger partial charge in [-0.25, -0.2) is 0 Å². The van der Waals surface area contributed by atoms with E-state index in [0.29, 0.717) is 0 Å². The molecule has 3 rings (SSSR count). The van der Waals surface area contributed by atoms with Crippen molar-refractivity contribution in [2.75, 3.05) is 6.61 Å². The zero-order chi connectivity index (χ0) is 14.0. The molecule has 2 fully saturated rings. The van der Waals surface area contributed by atoms with E-state index in [1.165, 1.54) is 25.7 Å². The Labute approximate surface area is 120 Å². The molecular weight excluding hydrogens is 254 g/mol. The van der Waals surface area contributed by atoms with Crippen LogP contribution in [0.1, 0.15) is 63.6 Å². The number of nitrogens with zero attached hydrogens (tertiary/aromatic N) is 2. The molecule has 0 aromatic carbocycles. The van der Waals surface area contributed by atoms with Crippen molar-refractivity contribution in [1.82, 2.24) is 10.1 Å². The van der Waals surface area contributed by atoms with Gasteiger partial charge in [-0.05, 0) is 39.0 Å². The molecule has 3 unspecified atom stereocenters. The molecule has 2 heterocycles. The first kappa shape index (κ1) is 14.0. The Morgan fingerprint density at radius 1 is 1.25 bits per heavy atom. The van der Waals surface area contributed by atoms with Gasteiger partial charge in [0, 0.05) is 19.1 Å². The fourth-order valence-corrected chi connectivity index (χ4v) is 3.37. The van der Waals surface area contributed by atoms with Crippen LogP contribution in [0.3, 0.4) is 0 Å². The molecule has 1 saturated carbocycles. The standard InChI is InChI=1S/C15H25N3O2/c1-15(8-4-2-7-12(15)16)14-17-13(18-20-14)10-11-6-3-5-9-19-11/h11-12H,2-10,16H2,1H3. The lowest BCUT2D eigenvalue weighted by Crippen LogP contribution is -2.45. The minimum atomic E-state index is -0.156. The molecule has 0 radical (unpaired) electrons. The molecule has 5 heteroatoms. The number of aromatic nitrogens is 2. The van der Waals surface area contributed by atoms with E-state index in [-0.39, 0.29) is 17.6 Å². The van der Waals surface area contributed by atoms with Crippen LogP contribution in [-0.4, -0.2) is 28.9 Å². The third-order valence-corrected chi connectivity index (χ3v) is 4.92. The maximum Gasteiger partial charge on any atom is 0.234 e. The van der Waals surface area contributed by atoms with E-state index in [9.17, 15) is 0 Å². The second-order valence-corrected chi connectivity index (χ2v) is 6.48. The largest absolute Gasteiger partial charge is 0.378 e. The summed E-state index contributed by atoms with van der Waals surface area (Å²) in [5.41, 5.74) is 6.13. The van der Waals surface area contributed by atoms with E-state index in [2.05, 4.69) is 17.1 Å². The average Bonchev–Trinajstić information content (AvgIpc) is 2.92. The van der Waals surface area contributed by atoms with Crippen LogP contribution < -0.4 is 5.73 Å². The third-order valence-electron chi connectivity index (χ3n) is 4.92. The second-order valence-electron chi connectivity index (χ2n) is 6.48. The number of nitrogens with two attached hydrogens (primary N) is 1. The third kappa shape index (κ3) is 2.74. The lowest BCUT2D eigenvalue weighted by molar-refractivity contribution is 0.0153. The van der Waals surface area contributed by atoms with Crippen LogP contribution in [0, 0.1) is 0 Å². The minimum Gasteiger partial charge on any atom is -0.378 e. The summed E-state index contributed by atoms with van der Waals surface area (Å²) in [7, 11) is 0. The van der Waals surface area contributed by atoms with E-state index in [0.717, 1.165) is 44.0 Å². The summed E-state index contributed by atoms with van der Waals surface area (Å²) in [4.78, 5) is 4.61. The van der Waals surface area contributed by atoms with Crippen LogP contribution in [0.15, 0.2) is 4.52 Å². The van der Waals surface area contributed by atoms with Crippen LogP contribution in [0.4, 0.5) is 0 Å². The first-order chi connectivity index (χ1) is 9.68. The topological polar surface area (TPSA) is 74.2 Å². The average molecular weight is 279 g/mol. The van der Waals surface area contributed by atoms with E-state index in [4.69, 9.17) is 15.0 Å². The van der Waals surface area contributed by atoms with Crippen molar-refractivity contribution >= 4 is 0 Å². The van der Waals surface area contributed by atoms with Gasteiger partial charge in [-0.15, -0.1) is 0 Å². The Morgan fingerprint density at radius 3 is 2.85 bits per heavy atom. The molecule has 0 bridgehead atoms. The number of hydrogen-bond acceptors (Lipinski definition) is 5. The summed E-state index contributed by atoms with van der Waals surface area (Å²) < 4.78 is 11.3. The smallest absolute Gasteiger partial charge is 0.234 e. The Hall–Kier alpha value is -0.940. The SMILES string of the molecule is CC1(c2nc(CC3CCCCO3)no2)CCCCC1N. The number of ether oxygens (including phenoxy) is 1. The van der Waals surface area contributed by atoms with Crippen molar-refractivity contribution in [3.05, 3.63) is 11.7 Å². The van der Waals surface area contributed by atoms with Crippen LogP contribution in [-0.2, 0) is 16.6 Å². The molecule has 1 saturated heterocycles. The Morgan fingerprint density at radius 2 is 2.10 bits per heavy atom. The van der Waals surface area contributed by atoms with Crippen molar-refractivity contribution in [3.63, 3.8) is 0 Å². The van der Waals surface area contributed by atoms with Crippen molar-refractivity contribution in [3.8, 4) is 0 Å². The summed E-state index contributed by atoms with van der Waals surface area (Å²) in [5, 5.41) is 4.14. The molecule has 112 valence electrons. The normalized spacial score (nSPS) is 35.1. The van der Waals surface area contributed by atoms with Crippen molar-refractivity contribution in [2.24, 2.45) is 5.73 Å². The monoisotopic (exact) mass is 279 g/mol. The molecule has 2 aliphatic rings. The van der Waals surface area contributed by atoms with Gasteiger partial charge in [0.25, 0.3) is 0 Å². The molecular formula is C15H25N3O2. The predicted octanol–water partition coefficient (Wildman–Crippen LogP) is 2.34. The first-order valence-corrected chi connectivity index (χ1v) is 7.89. The fraction of sp³-hybridized carbons (Fsp3) is 0.867. The Kier molecular flexibility index (Phi) is 4.08. The molecule has 3 atom stereocenters. The Bertz CT molecular complexity index is 442. The molecule has 0 spiro atoms. The van der Waals surface area contributed by atoms with Crippen LogP contribution >= 0.6 is 0 Å². The van der Waals surface area contributed by atoms with Gasteiger partial charge >= 0.3 is 0 Å². The predicted molar refractivity (Wildman–Crippen MR) is 75.4 cm³/mol. The summed E-state index contributed by atoms with van der Waals surface area (Å²) >= 11 is 0. The highest BCUT2D eigenvalue weighted by Gasteiger charge is 2.40. The molecule has 5 nitrogen and oxygen atoms in total. The summed E-state index contributed by atoms with van der Waals surface area (Å²) in [6.45, 7) is 3.02. The number of rotatable bonds is 3. The van der Waals surface area contributed by atoms with Crippen LogP contribution in [0.25, 0.3) is 0 Å². The van der Waals surface area contributed by atoms with Gasteiger partial charge in [-0.3, -0.25) is 0 Å². The highest BCUT2D eigenvalue weighted by Crippen LogP contribution is 2.37. The minimum absolute atomic E-state index is 0.121. The van der Waals surface area contributed by atoms with Gasteiger partial charge < -0.3 is 15.0 Å². The van der Waals surface area contributed by atoms with Crippen LogP contribution in [0.2, 0.25) is 0 Å². The lowest BCUT2D eigenvalue weighted by Gasteiger charge is -2.35. The summed E-state index contributed by atoms with van der Waals surface area (Å²) in [5.74, 6) is 1.49. The molecule has 2 N–H and O–H groups in total. The van der Waals surface area contributed by atoms with Gasteiger partial charge in [-0.1, -0.05) is 18.0 Å². The highest BCUT2D eigenvalue weighted by atomic mass is 16.5. The van der Waals surface area contributed by atoms with Crippen LogP contribution in [0.5, 0.6) is 0 Å². The van der Waals surface area contributed by atoms with Gasteiger partial charge in [0.05, 0.1) is 11.5 Å². The molecule has 1 aliphatic carbocycles. The van der Waals surface area contributed by atoms with Gasteiger partial charge in [0.1, 0.15) is 0 Å². The molecule has 20 heavy (non-hydrogen) atoms. The van der Waals surface area contributed by atoms with Gasteiger partial charge in [0.2, 0.25) is 5.89 Å². The van der Waals surface area contributed by atoms with E-state index < -0.39 is 0 Å². The zero-order valence-corrected chi connectivity index (χ0v) is 12.3. The van der Waals surface area contributed by atoms with Gasteiger partial charge in [0.15, 0.2) is 5.82 Å². The maximum absolute atomic E-state index is 6.29. The zero-order valence-electron chi connectivity index (χ0n) is 12.3. The van der Waals surface area contributed by atoms with E-state index in [1.54, 1.807) is 0 Å². The Balaban J connectivity index is 1.69. The van der Waals surface area contributed by atoms with Crippen molar-refractivity contribution in [1.29, 1.82) is 0 Å². The second kappa shape index (κ2) is 5.82. The fourth-order valence-electron chi connectivity index (χ4n) is 3.37. The first-order valence-electron chi connectivity index (χ1n) is 7.89.